The van der Waals surface area contributed by atoms with Crippen molar-refractivity contribution in [3.63, 3.8) is 0 Å². The summed E-state index contributed by atoms with van der Waals surface area (Å²) >= 11 is 0. The molecule has 1 aromatic carbocycles. The van der Waals surface area contributed by atoms with Gasteiger partial charge in [-0.3, -0.25) is 14.7 Å². The van der Waals surface area contributed by atoms with Crippen LogP contribution in [0.25, 0.3) is 0 Å². The first-order valence-corrected chi connectivity index (χ1v) is 14.5. The molecule has 0 radical (unpaired) electrons. The smallest absolute Gasteiger partial charge is 0.243 e. The predicted molar refractivity (Wildman–Crippen MR) is 135 cm³/mol. The van der Waals surface area contributed by atoms with Gasteiger partial charge in [0.05, 0.1) is 10.8 Å². The standard InChI is InChI=1S/C27H36N4O3S/c32-27-25-12-17-31(35(33,34)24-9-8-22-6-5-7-23(22)18-24)20-26(25)30(16-4-2-1-3-13-29-27)19-21-10-14-28-15-11-21/h8-11,14-15,18,25-26H,1-7,12-13,16-17,19-20H2,(H,29,32). The van der Waals surface area contributed by atoms with Gasteiger partial charge in [0.2, 0.25) is 15.9 Å². The second kappa shape index (κ2) is 10.8. The third kappa shape index (κ3) is 5.44. The molecule has 188 valence electrons. The number of fused-ring (bicyclic) bond motifs is 2. The fourth-order valence-corrected chi connectivity index (χ4v) is 7.40. The summed E-state index contributed by atoms with van der Waals surface area (Å²) in [5.74, 6) is -0.160. The number of amides is 1. The Morgan fingerprint density at radius 2 is 1.74 bits per heavy atom. The van der Waals surface area contributed by atoms with E-state index in [0.717, 1.165) is 62.6 Å². The highest BCUT2D eigenvalue weighted by atomic mass is 32.2. The average Bonchev–Trinajstić information content (AvgIpc) is 3.34. The van der Waals surface area contributed by atoms with Crippen molar-refractivity contribution in [2.24, 2.45) is 5.92 Å². The van der Waals surface area contributed by atoms with Gasteiger partial charge in [-0.05, 0) is 86.0 Å². The second-order valence-electron chi connectivity index (χ2n) is 10.1. The van der Waals surface area contributed by atoms with Crippen LogP contribution in [0.2, 0.25) is 0 Å². The van der Waals surface area contributed by atoms with E-state index in [-0.39, 0.29) is 17.9 Å². The lowest BCUT2D eigenvalue weighted by molar-refractivity contribution is -0.129. The number of aryl methyl sites for hydroxylation is 2. The highest BCUT2D eigenvalue weighted by Crippen LogP contribution is 2.31. The van der Waals surface area contributed by atoms with Crippen LogP contribution < -0.4 is 5.32 Å². The number of aromatic nitrogens is 1. The highest BCUT2D eigenvalue weighted by Gasteiger charge is 2.41. The Morgan fingerprint density at radius 1 is 0.943 bits per heavy atom. The molecule has 2 aromatic rings. The average molecular weight is 497 g/mol. The molecule has 7 nitrogen and oxygen atoms in total. The van der Waals surface area contributed by atoms with E-state index >= 15 is 0 Å². The molecular weight excluding hydrogens is 460 g/mol. The van der Waals surface area contributed by atoms with Crippen LogP contribution in [0.5, 0.6) is 0 Å². The van der Waals surface area contributed by atoms with Crippen molar-refractivity contribution in [3.8, 4) is 0 Å². The molecule has 35 heavy (non-hydrogen) atoms. The van der Waals surface area contributed by atoms with Crippen molar-refractivity contribution in [2.45, 2.75) is 68.8 Å². The van der Waals surface area contributed by atoms with E-state index in [1.807, 2.05) is 24.3 Å². The van der Waals surface area contributed by atoms with Crippen LogP contribution in [0.1, 0.15) is 55.2 Å². The molecule has 5 rings (SSSR count). The number of pyridine rings is 1. The zero-order valence-corrected chi connectivity index (χ0v) is 21.2. The molecule has 3 heterocycles. The fourth-order valence-electron chi connectivity index (χ4n) is 5.88. The zero-order valence-electron chi connectivity index (χ0n) is 20.4. The maximum atomic E-state index is 13.7. The quantitative estimate of drug-likeness (QED) is 0.703. The third-order valence-electron chi connectivity index (χ3n) is 7.86. The normalized spacial score (nSPS) is 24.7. The number of hydrogen-bond donors (Lipinski definition) is 1. The zero-order chi connectivity index (χ0) is 24.3. The summed E-state index contributed by atoms with van der Waals surface area (Å²) in [5.41, 5.74) is 3.56. The number of sulfonamides is 1. The Kier molecular flexibility index (Phi) is 7.51. The Bertz CT molecular complexity index is 1140. The van der Waals surface area contributed by atoms with Gasteiger partial charge in [-0.15, -0.1) is 0 Å². The monoisotopic (exact) mass is 496 g/mol. The number of rotatable bonds is 4. The molecule has 1 N–H and O–H groups in total. The molecular formula is C27H36N4O3S. The first-order valence-electron chi connectivity index (χ1n) is 13.0. The SMILES string of the molecule is O=C1NCCCCCCN(Cc2ccncc2)C2CN(S(=O)(=O)c3ccc4c(c3)CCC4)CCC12. The molecule has 2 fully saturated rings. The minimum absolute atomic E-state index is 0.0613. The minimum Gasteiger partial charge on any atom is -0.356 e. The van der Waals surface area contributed by atoms with Gasteiger partial charge in [0.25, 0.3) is 0 Å². The fraction of sp³-hybridized carbons (Fsp3) is 0.556. The van der Waals surface area contributed by atoms with E-state index < -0.39 is 10.0 Å². The molecule has 1 aromatic heterocycles. The lowest BCUT2D eigenvalue weighted by Crippen LogP contribution is -2.57. The van der Waals surface area contributed by atoms with E-state index in [1.54, 1.807) is 22.8 Å². The molecule has 1 amide bonds. The van der Waals surface area contributed by atoms with Crippen LogP contribution in [0, 0.1) is 5.92 Å². The van der Waals surface area contributed by atoms with E-state index in [1.165, 1.54) is 5.56 Å². The van der Waals surface area contributed by atoms with Crippen LogP contribution in [-0.4, -0.2) is 60.7 Å². The number of carbonyl (C=O) groups is 1. The third-order valence-corrected chi connectivity index (χ3v) is 9.73. The molecule has 0 spiro atoms. The summed E-state index contributed by atoms with van der Waals surface area (Å²) < 4.78 is 29.1. The number of nitrogens with zero attached hydrogens (tertiary/aromatic N) is 3. The van der Waals surface area contributed by atoms with Crippen molar-refractivity contribution >= 4 is 15.9 Å². The lowest BCUT2D eigenvalue weighted by Gasteiger charge is -2.43. The summed E-state index contributed by atoms with van der Waals surface area (Å²) in [6.45, 7) is 2.94. The summed E-state index contributed by atoms with van der Waals surface area (Å²) in [4.78, 5) is 20.1. The maximum absolute atomic E-state index is 13.7. The van der Waals surface area contributed by atoms with Crippen LogP contribution in [0.4, 0.5) is 0 Å². The van der Waals surface area contributed by atoms with Crippen molar-refractivity contribution in [1.29, 1.82) is 0 Å². The van der Waals surface area contributed by atoms with Gasteiger partial charge >= 0.3 is 0 Å². The Hall–Kier alpha value is -2.29. The summed E-state index contributed by atoms with van der Waals surface area (Å²) in [6, 6.07) is 9.47. The topological polar surface area (TPSA) is 82.6 Å². The molecule has 8 heteroatoms. The lowest BCUT2D eigenvalue weighted by atomic mass is 9.90. The summed E-state index contributed by atoms with van der Waals surface area (Å²) in [5, 5.41) is 3.13. The van der Waals surface area contributed by atoms with Crippen LogP contribution in [0.3, 0.4) is 0 Å². The van der Waals surface area contributed by atoms with Crippen molar-refractivity contribution in [3.05, 3.63) is 59.4 Å². The highest BCUT2D eigenvalue weighted by molar-refractivity contribution is 7.89. The van der Waals surface area contributed by atoms with Gasteiger partial charge in [0.1, 0.15) is 0 Å². The molecule has 0 bridgehead atoms. The first kappa shape index (κ1) is 24.4. The number of benzene rings is 1. The van der Waals surface area contributed by atoms with Crippen LogP contribution in [0.15, 0.2) is 47.6 Å². The Balaban J connectivity index is 1.44. The van der Waals surface area contributed by atoms with Crippen molar-refractivity contribution in [2.75, 3.05) is 26.2 Å². The van der Waals surface area contributed by atoms with E-state index in [0.29, 0.717) is 37.5 Å². The molecule has 2 saturated heterocycles. The summed E-state index contributed by atoms with van der Waals surface area (Å²) in [6.07, 6.45) is 11.4. The Morgan fingerprint density at radius 3 is 2.60 bits per heavy atom. The van der Waals surface area contributed by atoms with Gasteiger partial charge in [0, 0.05) is 44.6 Å². The van der Waals surface area contributed by atoms with Crippen molar-refractivity contribution in [1.82, 2.24) is 19.5 Å². The minimum atomic E-state index is -3.63. The molecule has 2 unspecified atom stereocenters. The number of hydrogen-bond acceptors (Lipinski definition) is 5. The Labute approximate surface area is 209 Å². The van der Waals surface area contributed by atoms with Crippen LogP contribution >= 0.6 is 0 Å². The van der Waals surface area contributed by atoms with E-state index in [4.69, 9.17) is 0 Å². The number of carbonyl (C=O) groups excluding carboxylic acids is 1. The van der Waals surface area contributed by atoms with E-state index in [2.05, 4.69) is 15.2 Å². The van der Waals surface area contributed by atoms with Crippen molar-refractivity contribution < 1.29 is 13.2 Å². The van der Waals surface area contributed by atoms with Gasteiger partial charge in [0.15, 0.2) is 0 Å². The largest absolute Gasteiger partial charge is 0.356 e. The molecule has 2 aliphatic heterocycles. The number of piperidine rings is 1. The number of nitrogens with one attached hydrogen (secondary N) is 1. The van der Waals surface area contributed by atoms with Gasteiger partial charge < -0.3 is 5.32 Å². The van der Waals surface area contributed by atoms with Gasteiger partial charge in [-0.25, -0.2) is 8.42 Å². The molecule has 2 atom stereocenters. The van der Waals surface area contributed by atoms with Gasteiger partial charge in [-0.1, -0.05) is 18.9 Å². The maximum Gasteiger partial charge on any atom is 0.243 e. The van der Waals surface area contributed by atoms with Crippen LogP contribution in [-0.2, 0) is 34.2 Å². The van der Waals surface area contributed by atoms with E-state index in [9.17, 15) is 13.2 Å². The molecule has 1 aliphatic carbocycles. The van der Waals surface area contributed by atoms with Gasteiger partial charge in [-0.2, -0.15) is 4.31 Å². The first-order chi connectivity index (χ1) is 17.0. The predicted octanol–water partition coefficient (Wildman–Crippen LogP) is 3.14. The molecule has 3 aliphatic rings. The second-order valence-corrected chi connectivity index (χ2v) is 12.1. The summed E-state index contributed by atoms with van der Waals surface area (Å²) in [7, 11) is -3.63. The molecule has 0 saturated carbocycles.